The van der Waals surface area contributed by atoms with Gasteiger partial charge in [0, 0.05) is 27.2 Å². The third-order valence-electron chi connectivity index (χ3n) is 3.99. The molecular weight excluding hydrogens is 359 g/mol. The van der Waals surface area contributed by atoms with Crippen molar-refractivity contribution in [1.82, 2.24) is 14.9 Å². The summed E-state index contributed by atoms with van der Waals surface area (Å²) in [7, 11) is 4.61. The van der Waals surface area contributed by atoms with E-state index in [4.69, 9.17) is 9.84 Å². The molecule has 26 heavy (non-hydrogen) atoms. The van der Waals surface area contributed by atoms with Gasteiger partial charge in [-0.15, -0.1) is 0 Å². The number of methoxy groups -OCH3 is 1. The van der Waals surface area contributed by atoms with Crippen LogP contribution in [0.25, 0.3) is 0 Å². The highest BCUT2D eigenvalue weighted by atomic mass is 19.4. The zero-order chi connectivity index (χ0) is 19.6. The van der Waals surface area contributed by atoms with Crippen LogP contribution in [0.4, 0.5) is 29.5 Å². The number of alkyl halides is 3. The van der Waals surface area contributed by atoms with Gasteiger partial charge in [0.25, 0.3) is 0 Å². The lowest BCUT2D eigenvalue weighted by molar-refractivity contribution is -0.187. The van der Waals surface area contributed by atoms with Crippen molar-refractivity contribution < 1.29 is 32.6 Å². The van der Waals surface area contributed by atoms with E-state index in [9.17, 15) is 22.8 Å². The number of aromatic nitrogens is 2. The summed E-state index contributed by atoms with van der Waals surface area (Å²) in [5.74, 6) is -5.14. The summed E-state index contributed by atoms with van der Waals surface area (Å²) in [5, 5.41) is 11.5. The lowest BCUT2D eigenvalue weighted by atomic mass is 9.96. The van der Waals surface area contributed by atoms with E-state index in [-0.39, 0.29) is 17.4 Å². The van der Waals surface area contributed by atoms with Crippen molar-refractivity contribution in [2.24, 2.45) is 11.8 Å². The van der Waals surface area contributed by atoms with E-state index >= 15 is 0 Å². The quantitative estimate of drug-likeness (QED) is 0.814. The van der Waals surface area contributed by atoms with Gasteiger partial charge in [-0.05, 0) is 0 Å². The van der Waals surface area contributed by atoms with Gasteiger partial charge in [-0.2, -0.15) is 18.2 Å². The molecule has 1 saturated heterocycles. The maximum absolute atomic E-state index is 13.1. The van der Waals surface area contributed by atoms with Gasteiger partial charge in [0.15, 0.2) is 5.82 Å². The Labute approximate surface area is 146 Å². The predicted molar refractivity (Wildman–Crippen MR) is 84.2 cm³/mol. The van der Waals surface area contributed by atoms with E-state index in [1.54, 1.807) is 19.0 Å². The Morgan fingerprint density at radius 3 is 2.46 bits per heavy atom. The molecule has 2 amide bonds. The Morgan fingerprint density at radius 2 is 2.00 bits per heavy atom. The van der Waals surface area contributed by atoms with Crippen LogP contribution >= 0.6 is 0 Å². The van der Waals surface area contributed by atoms with Gasteiger partial charge in [0.05, 0.1) is 18.9 Å². The summed E-state index contributed by atoms with van der Waals surface area (Å²) < 4.78 is 44.2. The molecule has 2 N–H and O–H groups in total. The average Bonchev–Trinajstić information content (AvgIpc) is 3.00. The van der Waals surface area contributed by atoms with Crippen molar-refractivity contribution in [2.75, 3.05) is 44.5 Å². The Kier molecular flexibility index (Phi) is 5.42. The minimum atomic E-state index is -4.72. The van der Waals surface area contributed by atoms with Crippen LogP contribution in [-0.2, 0) is 4.79 Å². The molecule has 0 radical (unpaired) electrons. The number of likely N-dealkylation sites (tertiary alicyclic amines) is 1. The number of carbonyl (C=O) groups is 2. The first kappa shape index (κ1) is 19.5. The molecule has 12 heteroatoms. The van der Waals surface area contributed by atoms with Crippen molar-refractivity contribution in [3.8, 4) is 5.88 Å². The number of carbonyl (C=O) groups excluding carboxylic acids is 1. The number of hydrogen-bond donors (Lipinski definition) is 2. The second kappa shape index (κ2) is 7.22. The van der Waals surface area contributed by atoms with Crippen LogP contribution in [-0.4, -0.2) is 72.4 Å². The molecule has 1 aliphatic rings. The molecule has 2 rings (SSSR count). The smallest absolute Gasteiger partial charge is 0.394 e. The molecule has 1 fully saturated rings. The summed E-state index contributed by atoms with van der Waals surface area (Å²) in [5.41, 5.74) is 0.0762. The molecular formula is C14H18F3N5O4. The number of nitrogens with zero attached hydrogens (tertiary/aromatic N) is 4. The minimum absolute atomic E-state index is 0.0263. The lowest BCUT2D eigenvalue weighted by Crippen LogP contribution is -2.35. The first-order valence-corrected chi connectivity index (χ1v) is 7.48. The first-order chi connectivity index (χ1) is 12.1. The molecule has 2 heterocycles. The summed E-state index contributed by atoms with van der Waals surface area (Å²) in [6.07, 6.45) is -3.51. The highest BCUT2D eigenvalue weighted by molar-refractivity contribution is 5.94. The van der Waals surface area contributed by atoms with E-state index in [0.717, 1.165) is 4.90 Å². The number of aliphatic carboxylic acids is 1. The summed E-state index contributed by atoms with van der Waals surface area (Å²) >= 11 is 0. The highest BCUT2D eigenvalue weighted by Crippen LogP contribution is 2.38. The van der Waals surface area contributed by atoms with Crippen molar-refractivity contribution in [2.45, 2.75) is 6.18 Å². The summed E-state index contributed by atoms with van der Waals surface area (Å²) in [6, 6.07) is -0.890. The fraction of sp³-hybridized carbons (Fsp3) is 0.571. The molecule has 9 nitrogen and oxygen atoms in total. The van der Waals surface area contributed by atoms with Crippen LogP contribution in [0.1, 0.15) is 0 Å². The van der Waals surface area contributed by atoms with Crippen molar-refractivity contribution in [3.63, 3.8) is 0 Å². The molecule has 0 aromatic carbocycles. The molecule has 0 spiro atoms. The predicted octanol–water partition coefficient (Wildman–Crippen LogP) is 1.28. The zero-order valence-corrected chi connectivity index (χ0v) is 14.2. The average molecular weight is 377 g/mol. The van der Waals surface area contributed by atoms with Gasteiger partial charge < -0.3 is 19.6 Å². The van der Waals surface area contributed by atoms with Gasteiger partial charge in [-0.25, -0.2) is 9.78 Å². The topological polar surface area (TPSA) is 108 Å². The molecule has 2 atom stereocenters. The van der Waals surface area contributed by atoms with Gasteiger partial charge in [-0.1, -0.05) is 0 Å². The fourth-order valence-corrected chi connectivity index (χ4v) is 2.70. The van der Waals surface area contributed by atoms with Crippen molar-refractivity contribution >= 4 is 23.5 Å². The molecule has 0 bridgehead atoms. The normalized spacial score (nSPS) is 20.0. The molecule has 144 valence electrons. The molecule has 1 aromatic heterocycles. The standard InChI is InChI=1S/C14H18F3N5O4/c1-21(2)10-9(11(26-3)19-6-18-10)20-13(25)22-4-7(12(23)24)8(5-22)14(15,16)17/h6-8H,4-5H2,1-3H3,(H,20,25)(H,23,24)/t7-,8-/m1/s1. The van der Waals surface area contributed by atoms with Crippen LogP contribution in [0, 0.1) is 11.8 Å². The number of halogens is 3. The summed E-state index contributed by atoms with van der Waals surface area (Å²) in [6.45, 7) is -1.31. The number of rotatable bonds is 4. The van der Waals surface area contributed by atoms with E-state index < -0.39 is 43.1 Å². The van der Waals surface area contributed by atoms with E-state index in [1.807, 2.05) is 0 Å². The van der Waals surface area contributed by atoms with Gasteiger partial charge in [-0.3, -0.25) is 10.1 Å². The second-order valence-electron chi connectivity index (χ2n) is 5.90. The summed E-state index contributed by atoms with van der Waals surface area (Å²) in [4.78, 5) is 33.8. The number of carboxylic acids is 1. The first-order valence-electron chi connectivity index (χ1n) is 7.48. The van der Waals surface area contributed by atoms with Gasteiger partial charge >= 0.3 is 18.2 Å². The molecule has 0 saturated carbocycles. The number of amides is 2. The fourth-order valence-electron chi connectivity index (χ4n) is 2.70. The van der Waals surface area contributed by atoms with E-state index in [2.05, 4.69) is 15.3 Å². The molecule has 1 aromatic rings. The third kappa shape index (κ3) is 3.89. The monoisotopic (exact) mass is 377 g/mol. The van der Waals surface area contributed by atoms with Crippen LogP contribution in [0.15, 0.2) is 6.33 Å². The maximum Gasteiger partial charge on any atom is 0.394 e. The Balaban J connectivity index is 2.25. The van der Waals surface area contributed by atoms with Gasteiger partial charge in [0.1, 0.15) is 12.0 Å². The SMILES string of the molecule is COc1ncnc(N(C)C)c1NC(=O)N1C[C@@H](C(F)(F)F)[C@H](C(=O)O)C1. The Bertz CT molecular complexity index is 698. The number of anilines is 2. The van der Waals surface area contributed by atoms with Gasteiger partial charge in [0.2, 0.25) is 5.88 Å². The van der Waals surface area contributed by atoms with E-state index in [1.165, 1.54) is 13.4 Å². The largest absolute Gasteiger partial charge is 0.481 e. The number of nitrogens with one attached hydrogen (secondary N) is 1. The highest BCUT2D eigenvalue weighted by Gasteiger charge is 2.53. The number of urea groups is 1. The maximum atomic E-state index is 13.1. The second-order valence-corrected chi connectivity index (χ2v) is 5.90. The third-order valence-corrected chi connectivity index (χ3v) is 3.99. The Morgan fingerprint density at radius 1 is 1.35 bits per heavy atom. The van der Waals surface area contributed by atoms with Crippen LogP contribution in [0.3, 0.4) is 0 Å². The number of hydrogen-bond acceptors (Lipinski definition) is 6. The Hall–Kier alpha value is -2.79. The zero-order valence-electron chi connectivity index (χ0n) is 14.2. The number of ether oxygens (including phenoxy) is 1. The van der Waals surface area contributed by atoms with Crippen molar-refractivity contribution in [1.29, 1.82) is 0 Å². The van der Waals surface area contributed by atoms with Crippen LogP contribution in [0.2, 0.25) is 0 Å². The lowest BCUT2D eigenvalue weighted by Gasteiger charge is -2.21. The van der Waals surface area contributed by atoms with Crippen LogP contribution < -0.4 is 15.0 Å². The molecule has 1 aliphatic heterocycles. The van der Waals surface area contributed by atoms with Crippen molar-refractivity contribution in [3.05, 3.63) is 6.33 Å². The molecule has 0 unspecified atom stereocenters. The molecule has 0 aliphatic carbocycles. The number of carboxylic acid groups (broad SMARTS) is 1. The van der Waals surface area contributed by atoms with E-state index in [0.29, 0.717) is 0 Å². The van der Waals surface area contributed by atoms with Crippen LogP contribution in [0.5, 0.6) is 5.88 Å². The minimum Gasteiger partial charge on any atom is -0.481 e.